The second kappa shape index (κ2) is 4.51. The molecule has 5 heteroatoms. The highest BCUT2D eigenvalue weighted by Crippen LogP contribution is 2.15. The molecule has 2 N–H and O–H groups in total. The average molecular weight is 223 g/mol. The first kappa shape index (κ1) is 10.3. The topological polar surface area (TPSA) is 64.7 Å². The summed E-state index contributed by atoms with van der Waals surface area (Å²) in [5.74, 6) is 0.732. The fourth-order valence-electron chi connectivity index (χ4n) is 1.31. The third kappa shape index (κ3) is 2.40. The van der Waals surface area contributed by atoms with E-state index in [4.69, 9.17) is 17.3 Å². The Balaban J connectivity index is 2.34. The summed E-state index contributed by atoms with van der Waals surface area (Å²) in [4.78, 5) is 4.37. The largest absolute Gasteiger partial charge is 0.330 e. The minimum absolute atomic E-state index is 0.641. The van der Waals surface area contributed by atoms with Gasteiger partial charge in [0.1, 0.15) is 5.52 Å². The molecule has 0 saturated heterocycles. The van der Waals surface area contributed by atoms with Crippen LogP contribution in [0, 0.1) is 0 Å². The second-order valence-electron chi connectivity index (χ2n) is 3.25. The fraction of sp³-hybridized carbons (Fsp3) is 0.300. The molecule has 0 bridgehead atoms. The Bertz CT molecular complexity index is 472. The van der Waals surface area contributed by atoms with Gasteiger partial charge in [-0.15, -0.1) is 10.2 Å². The quantitative estimate of drug-likeness (QED) is 0.856. The monoisotopic (exact) mass is 222 g/mol. The normalized spacial score (nSPS) is 10.8. The molecule has 0 aliphatic rings. The van der Waals surface area contributed by atoms with Gasteiger partial charge in [-0.2, -0.15) is 0 Å². The molecular weight excluding hydrogens is 212 g/mol. The van der Waals surface area contributed by atoms with Crippen molar-refractivity contribution in [1.29, 1.82) is 0 Å². The molecule has 4 nitrogen and oxygen atoms in total. The molecule has 1 aromatic carbocycles. The van der Waals surface area contributed by atoms with Crippen LogP contribution in [0.5, 0.6) is 0 Å². The number of hydrogen-bond donors (Lipinski definition) is 1. The Hall–Kier alpha value is -1.26. The molecule has 0 saturated carbocycles. The zero-order valence-corrected chi connectivity index (χ0v) is 8.91. The minimum atomic E-state index is 0.641. The summed E-state index contributed by atoms with van der Waals surface area (Å²) in [5, 5.41) is 8.71. The van der Waals surface area contributed by atoms with E-state index in [0.29, 0.717) is 11.6 Å². The van der Waals surface area contributed by atoms with Gasteiger partial charge in [-0.25, -0.2) is 4.98 Å². The van der Waals surface area contributed by atoms with Gasteiger partial charge in [0, 0.05) is 11.4 Å². The van der Waals surface area contributed by atoms with E-state index in [1.807, 2.05) is 6.07 Å². The van der Waals surface area contributed by atoms with Gasteiger partial charge in [0.05, 0.1) is 5.52 Å². The highest BCUT2D eigenvalue weighted by atomic mass is 35.5. The Morgan fingerprint density at radius 3 is 2.87 bits per heavy atom. The maximum Gasteiger partial charge on any atom is 0.151 e. The Morgan fingerprint density at radius 1 is 1.20 bits per heavy atom. The highest BCUT2D eigenvalue weighted by Gasteiger charge is 2.01. The maximum atomic E-state index is 5.83. The number of halogens is 1. The lowest BCUT2D eigenvalue weighted by Crippen LogP contribution is -2.04. The molecule has 0 atom stereocenters. The Labute approximate surface area is 92.5 Å². The number of nitrogens with zero attached hydrogens (tertiary/aromatic N) is 3. The molecule has 0 aliphatic carbocycles. The molecule has 15 heavy (non-hydrogen) atoms. The van der Waals surface area contributed by atoms with Crippen molar-refractivity contribution in [2.75, 3.05) is 6.54 Å². The molecule has 1 heterocycles. The van der Waals surface area contributed by atoms with Crippen LogP contribution in [-0.4, -0.2) is 21.7 Å². The summed E-state index contributed by atoms with van der Waals surface area (Å²) < 4.78 is 0. The van der Waals surface area contributed by atoms with E-state index in [1.54, 1.807) is 12.1 Å². The first-order valence-corrected chi connectivity index (χ1v) is 5.16. The van der Waals surface area contributed by atoms with Crippen LogP contribution in [0.25, 0.3) is 11.0 Å². The minimum Gasteiger partial charge on any atom is -0.330 e. The van der Waals surface area contributed by atoms with Gasteiger partial charge >= 0.3 is 0 Å². The van der Waals surface area contributed by atoms with Crippen LogP contribution >= 0.6 is 11.6 Å². The van der Waals surface area contributed by atoms with Gasteiger partial charge in [-0.3, -0.25) is 0 Å². The third-order valence-corrected chi connectivity index (χ3v) is 2.30. The lowest BCUT2D eigenvalue weighted by molar-refractivity contribution is 0.764. The molecule has 78 valence electrons. The smallest absolute Gasteiger partial charge is 0.151 e. The Morgan fingerprint density at radius 2 is 2.07 bits per heavy atom. The molecule has 0 unspecified atom stereocenters. The molecule has 2 aromatic rings. The number of aromatic nitrogens is 3. The van der Waals surface area contributed by atoms with Crippen LogP contribution in [0.2, 0.25) is 5.02 Å². The summed E-state index contributed by atoms with van der Waals surface area (Å²) in [7, 11) is 0. The summed E-state index contributed by atoms with van der Waals surface area (Å²) in [6.45, 7) is 0.641. The highest BCUT2D eigenvalue weighted by molar-refractivity contribution is 6.31. The lowest BCUT2D eigenvalue weighted by Gasteiger charge is -2.00. The number of hydrogen-bond acceptors (Lipinski definition) is 4. The van der Waals surface area contributed by atoms with Crippen LogP contribution in [0.3, 0.4) is 0 Å². The van der Waals surface area contributed by atoms with Gasteiger partial charge in [-0.05, 0) is 31.2 Å². The molecule has 1 aromatic heterocycles. The summed E-state index contributed by atoms with van der Waals surface area (Å²) in [6, 6.07) is 5.40. The van der Waals surface area contributed by atoms with E-state index in [2.05, 4.69) is 15.2 Å². The summed E-state index contributed by atoms with van der Waals surface area (Å²) in [6.07, 6.45) is 1.64. The van der Waals surface area contributed by atoms with Crippen molar-refractivity contribution < 1.29 is 0 Å². The number of aryl methyl sites for hydroxylation is 1. The Kier molecular flexibility index (Phi) is 3.08. The van der Waals surface area contributed by atoms with E-state index < -0.39 is 0 Å². The van der Waals surface area contributed by atoms with E-state index >= 15 is 0 Å². The summed E-state index contributed by atoms with van der Waals surface area (Å²) in [5.41, 5.74) is 6.96. The predicted octanol–water partition coefficient (Wildman–Crippen LogP) is 1.57. The first-order valence-electron chi connectivity index (χ1n) is 4.78. The van der Waals surface area contributed by atoms with E-state index in [0.717, 1.165) is 29.7 Å². The van der Waals surface area contributed by atoms with Gasteiger partial charge in [0.2, 0.25) is 0 Å². The van der Waals surface area contributed by atoms with Crippen molar-refractivity contribution in [3.05, 3.63) is 29.0 Å². The molecule has 0 fully saturated rings. The zero-order chi connectivity index (χ0) is 10.7. The zero-order valence-electron chi connectivity index (χ0n) is 8.15. The number of nitrogens with two attached hydrogens (primary N) is 1. The van der Waals surface area contributed by atoms with Crippen molar-refractivity contribution in [3.8, 4) is 0 Å². The van der Waals surface area contributed by atoms with Crippen LogP contribution in [0.15, 0.2) is 18.2 Å². The van der Waals surface area contributed by atoms with Gasteiger partial charge < -0.3 is 5.73 Å². The fourth-order valence-corrected chi connectivity index (χ4v) is 1.48. The molecule has 0 spiro atoms. The number of fused-ring (bicyclic) bond motifs is 1. The maximum absolute atomic E-state index is 5.83. The lowest BCUT2D eigenvalue weighted by atomic mass is 10.3. The van der Waals surface area contributed by atoms with Gasteiger partial charge in [0.15, 0.2) is 5.82 Å². The van der Waals surface area contributed by atoms with Crippen LogP contribution in [0.4, 0.5) is 0 Å². The molecule has 0 radical (unpaired) electrons. The van der Waals surface area contributed by atoms with Crippen LogP contribution in [-0.2, 0) is 6.42 Å². The van der Waals surface area contributed by atoms with E-state index in [-0.39, 0.29) is 0 Å². The van der Waals surface area contributed by atoms with E-state index in [9.17, 15) is 0 Å². The molecule has 2 rings (SSSR count). The third-order valence-electron chi connectivity index (χ3n) is 2.06. The van der Waals surface area contributed by atoms with Crippen molar-refractivity contribution in [2.24, 2.45) is 5.73 Å². The summed E-state index contributed by atoms with van der Waals surface area (Å²) >= 11 is 5.83. The second-order valence-corrected chi connectivity index (χ2v) is 3.69. The number of benzene rings is 1. The van der Waals surface area contributed by atoms with Gasteiger partial charge in [0.25, 0.3) is 0 Å². The molecule has 0 aliphatic heterocycles. The average Bonchev–Trinajstić information content (AvgIpc) is 2.26. The standard InChI is InChI=1S/C10H11ClN4/c11-7-3-4-8-9(6-7)14-15-10(13-8)2-1-5-12/h3-4,6H,1-2,5,12H2. The van der Waals surface area contributed by atoms with Crippen molar-refractivity contribution in [3.63, 3.8) is 0 Å². The van der Waals surface area contributed by atoms with Crippen LogP contribution < -0.4 is 5.73 Å². The van der Waals surface area contributed by atoms with Crippen molar-refractivity contribution in [2.45, 2.75) is 12.8 Å². The van der Waals surface area contributed by atoms with Crippen molar-refractivity contribution in [1.82, 2.24) is 15.2 Å². The SMILES string of the molecule is NCCCc1nnc2cc(Cl)ccc2n1. The number of rotatable bonds is 3. The van der Waals surface area contributed by atoms with Gasteiger partial charge in [-0.1, -0.05) is 11.6 Å². The van der Waals surface area contributed by atoms with Crippen molar-refractivity contribution >= 4 is 22.6 Å². The molecular formula is C10H11ClN4. The van der Waals surface area contributed by atoms with Crippen LogP contribution in [0.1, 0.15) is 12.2 Å². The predicted molar refractivity (Wildman–Crippen MR) is 59.7 cm³/mol. The molecule has 0 amide bonds. The first-order chi connectivity index (χ1) is 7.29. The van der Waals surface area contributed by atoms with E-state index in [1.165, 1.54) is 0 Å².